The number of hydrogen-bond acceptors (Lipinski definition) is 6. The van der Waals surface area contributed by atoms with E-state index < -0.39 is 18.3 Å². The Morgan fingerprint density at radius 2 is 2.19 bits per heavy atom. The molecule has 26 heavy (non-hydrogen) atoms. The largest absolute Gasteiger partial charge is 0.506 e. The molecule has 0 saturated heterocycles. The summed E-state index contributed by atoms with van der Waals surface area (Å²) in [7, 11) is 1.23. The van der Waals surface area contributed by atoms with Crippen molar-refractivity contribution in [1.29, 1.82) is 0 Å². The number of carbonyl (C=O) groups excluding carboxylic acids is 1. The lowest BCUT2D eigenvalue weighted by Gasteiger charge is -2.20. The summed E-state index contributed by atoms with van der Waals surface area (Å²) < 4.78 is 4.50. The number of hydrogen-bond donors (Lipinski definition) is 5. The average Bonchev–Trinajstić information content (AvgIpc) is 2.63. The number of phenolic OH excluding ortho intramolecular Hbond substituents is 1. The van der Waals surface area contributed by atoms with Gasteiger partial charge >= 0.3 is 6.09 Å². The Morgan fingerprint density at radius 3 is 2.85 bits per heavy atom. The number of ether oxygens (including phenoxy) is 1. The summed E-state index contributed by atoms with van der Waals surface area (Å²) in [5.74, 6) is -0.106. The Balaban J connectivity index is 1.89. The topological polar surface area (TPSA) is 111 Å². The van der Waals surface area contributed by atoms with Gasteiger partial charge in [-0.1, -0.05) is 29.9 Å². The third-order valence-corrected chi connectivity index (χ3v) is 4.18. The molecule has 1 aliphatic carbocycles. The summed E-state index contributed by atoms with van der Waals surface area (Å²) in [5.41, 5.74) is 1.89. The monoisotopic (exact) mass is 362 g/mol. The van der Waals surface area contributed by atoms with Crippen molar-refractivity contribution in [1.82, 2.24) is 5.32 Å². The first-order valence-electron chi connectivity index (χ1n) is 8.53. The zero-order valence-electron chi connectivity index (χ0n) is 15.0. The number of aromatic hydroxyl groups is 1. The normalized spacial score (nSPS) is 18.8. The highest BCUT2D eigenvalue weighted by atomic mass is 16.5. The Hall–Kier alpha value is -2.35. The van der Waals surface area contributed by atoms with Crippen molar-refractivity contribution in [2.45, 2.75) is 38.0 Å². The standard InChI is InChI=1S/C19H26N2O5/c1-12(9-13-3-6-15(22)7-4-13)20-11-18(24)14-5-8-17(23)16(10-14)21-19(25)26-2/h3-6,8,10,12,15,18,20,22-24H,7,9,11H2,1-2H3,(H,21,25)/t12-,15?,18-/m1/s1. The molecule has 0 bridgehead atoms. The molecule has 7 heteroatoms. The van der Waals surface area contributed by atoms with Crippen molar-refractivity contribution >= 4 is 11.8 Å². The quantitative estimate of drug-likeness (QED) is 0.476. The smallest absolute Gasteiger partial charge is 0.411 e. The van der Waals surface area contributed by atoms with Crippen LogP contribution in [0.5, 0.6) is 5.75 Å². The van der Waals surface area contributed by atoms with E-state index in [1.54, 1.807) is 12.1 Å². The number of benzene rings is 1. The van der Waals surface area contributed by atoms with E-state index in [1.165, 1.54) is 19.2 Å². The van der Waals surface area contributed by atoms with E-state index in [-0.39, 0.29) is 17.5 Å². The van der Waals surface area contributed by atoms with Crippen molar-refractivity contribution in [3.63, 3.8) is 0 Å². The lowest BCUT2D eigenvalue weighted by molar-refractivity contribution is 0.170. The Labute approximate surface area is 153 Å². The number of aliphatic hydroxyl groups excluding tert-OH is 2. The molecule has 5 N–H and O–H groups in total. The molecule has 0 aromatic heterocycles. The fourth-order valence-electron chi connectivity index (χ4n) is 2.68. The maximum Gasteiger partial charge on any atom is 0.411 e. The lowest BCUT2D eigenvalue weighted by atomic mass is 9.99. The van der Waals surface area contributed by atoms with Crippen LogP contribution in [0.3, 0.4) is 0 Å². The first kappa shape index (κ1) is 20.0. The molecule has 2 rings (SSSR count). The molecule has 142 valence electrons. The maximum atomic E-state index is 11.3. The molecule has 1 amide bonds. The highest BCUT2D eigenvalue weighted by Crippen LogP contribution is 2.27. The number of phenols is 1. The van der Waals surface area contributed by atoms with Crippen molar-refractivity contribution < 1.29 is 24.9 Å². The zero-order chi connectivity index (χ0) is 19.1. The van der Waals surface area contributed by atoms with Gasteiger partial charge < -0.3 is 25.4 Å². The van der Waals surface area contributed by atoms with Crippen LogP contribution in [0.25, 0.3) is 0 Å². The van der Waals surface area contributed by atoms with Gasteiger partial charge in [-0.25, -0.2) is 4.79 Å². The van der Waals surface area contributed by atoms with E-state index >= 15 is 0 Å². The highest BCUT2D eigenvalue weighted by Gasteiger charge is 2.14. The number of anilines is 1. The molecule has 1 aromatic rings. The van der Waals surface area contributed by atoms with Crippen molar-refractivity contribution in [3.8, 4) is 5.75 Å². The van der Waals surface area contributed by atoms with Crippen LogP contribution in [0.1, 0.15) is 31.4 Å². The Bertz CT molecular complexity index is 687. The van der Waals surface area contributed by atoms with Crippen LogP contribution in [-0.4, -0.2) is 47.2 Å². The van der Waals surface area contributed by atoms with Crippen LogP contribution in [0, 0.1) is 0 Å². The van der Waals surface area contributed by atoms with Gasteiger partial charge in [0.05, 0.1) is 25.0 Å². The van der Waals surface area contributed by atoms with E-state index in [9.17, 15) is 20.1 Å². The van der Waals surface area contributed by atoms with Gasteiger partial charge in [-0.3, -0.25) is 5.32 Å². The summed E-state index contributed by atoms with van der Waals surface area (Å²) in [6.45, 7) is 2.34. The van der Waals surface area contributed by atoms with Gasteiger partial charge in [0.15, 0.2) is 0 Å². The van der Waals surface area contributed by atoms with Crippen LogP contribution in [0.15, 0.2) is 42.0 Å². The van der Waals surface area contributed by atoms with Gasteiger partial charge in [-0.2, -0.15) is 0 Å². The SMILES string of the molecule is COC(=O)Nc1cc([C@H](O)CN[C@H](C)CC2=CCC(O)C=C2)ccc1O. The Morgan fingerprint density at radius 1 is 1.42 bits per heavy atom. The number of nitrogens with one attached hydrogen (secondary N) is 2. The van der Waals surface area contributed by atoms with Gasteiger partial charge in [-0.15, -0.1) is 0 Å². The number of rotatable bonds is 7. The summed E-state index contributed by atoms with van der Waals surface area (Å²) in [6, 6.07) is 4.66. The number of methoxy groups -OCH3 is 1. The molecule has 0 spiro atoms. The van der Waals surface area contributed by atoms with Gasteiger partial charge in [0.2, 0.25) is 0 Å². The predicted octanol–water partition coefficient (Wildman–Crippen LogP) is 2.22. The predicted molar refractivity (Wildman–Crippen MR) is 99.0 cm³/mol. The van der Waals surface area contributed by atoms with Crippen molar-refractivity contribution in [3.05, 3.63) is 47.6 Å². The number of amides is 1. The number of aliphatic hydroxyl groups is 2. The molecule has 1 aromatic carbocycles. The molecule has 1 aliphatic rings. The van der Waals surface area contributed by atoms with E-state index in [0.717, 1.165) is 12.0 Å². The van der Waals surface area contributed by atoms with Crippen molar-refractivity contribution in [2.24, 2.45) is 0 Å². The van der Waals surface area contributed by atoms with E-state index in [1.807, 2.05) is 19.1 Å². The molecule has 0 radical (unpaired) electrons. The molecule has 0 aliphatic heterocycles. The second kappa shape index (κ2) is 9.38. The molecule has 3 atom stereocenters. The summed E-state index contributed by atoms with van der Waals surface area (Å²) in [4.78, 5) is 11.3. The van der Waals surface area contributed by atoms with E-state index in [0.29, 0.717) is 18.5 Å². The van der Waals surface area contributed by atoms with Crippen LogP contribution >= 0.6 is 0 Å². The van der Waals surface area contributed by atoms with Gasteiger partial charge in [0, 0.05) is 12.6 Å². The second-order valence-corrected chi connectivity index (χ2v) is 6.36. The van der Waals surface area contributed by atoms with Crippen LogP contribution in [-0.2, 0) is 4.74 Å². The first-order chi connectivity index (χ1) is 12.4. The Kier molecular flexibility index (Phi) is 7.20. The molecule has 0 saturated carbocycles. The minimum atomic E-state index is -0.797. The first-order valence-corrected chi connectivity index (χ1v) is 8.53. The van der Waals surface area contributed by atoms with E-state index in [4.69, 9.17) is 0 Å². The van der Waals surface area contributed by atoms with Gasteiger partial charge in [0.1, 0.15) is 5.75 Å². The number of carbonyl (C=O) groups is 1. The highest BCUT2D eigenvalue weighted by molar-refractivity contribution is 5.86. The van der Waals surface area contributed by atoms with E-state index in [2.05, 4.69) is 15.4 Å². The molecule has 0 fully saturated rings. The lowest BCUT2D eigenvalue weighted by Crippen LogP contribution is -2.31. The fraction of sp³-hybridized carbons (Fsp3) is 0.421. The second-order valence-electron chi connectivity index (χ2n) is 6.36. The molecule has 7 nitrogen and oxygen atoms in total. The molecule has 0 heterocycles. The third kappa shape index (κ3) is 5.87. The maximum absolute atomic E-state index is 11.3. The van der Waals surface area contributed by atoms with Gasteiger partial charge in [-0.05, 0) is 37.5 Å². The van der Waals surface area contributed by atoms with Crippen LogP contribution < -0.4 is 10.6 Å². The molecule has 1 unspecified atom stereocenters. The molecular weight excluding hydrogens is 336 g/mol. The minimum absolute atomic E-state index is 0.106. The van der Waals surface area contributed by atoms with Gasteiger partial charge in [0.25, 0.3) is 0 Å². The summed E-state index contributed by atoms with van der Waals surface area (Å²) in [6.07, 6.45) is 5.25. The summed E-state index contributed by atoms with van der Waals surface area (Å²) >= 11 is 0. The third-order valence-electron chi connectivity index (χ3n) is 4.18. The van der Waals surface area contributed by atoms with Crippen LogP contribution in [0.2, 0.25) is 0 Å². The van der Waals surface area contributed by atoms with Crippen LogP contribution in [0.4, 0.5) is 10.5 Å². The fourth-order valence-corrected chi connectivity index (χ4v) is 2.68. The number of allylic oxidation sites excluding steroid dienone is 1. The minimum Gasteiger partial charge on any atom is -0.506 e. The summed E-state index contributed by atoms with van der Waals surface area (Å²) in [5, 5.41) is 35.3. The molecular formula is C19H26N2O5. The zero-order valence-corrected chi connectivity index (χ0v) is 15.0. The average molecular weight is 362 g/mol. The van der Waals surface area contributed by atoms with Crippen molar-refractivity contribution in [2.75, 3.05) is 19.0 Å².